The summed E-state index contributed by atoms with van der Waals surface area (Å²) in [6, 6.07) is 4.53. The summed E-state index contributed by atoms with van der Waals surface area (Å²) in [6.45, 7) is 9.54. The van der Waals surface area contributed by atoms with Crippen LogP contribution in [0.25, 0.3) is 0 Å². The van der Waals surface area contributed by atoms with Gasteiger partial charge >= 0.3 is 0 Å². The standard InChI is InChI=1S/C13H21FN2/c1-9(2)13(3,4)8-16-12-6-10(14)5-11(15)7-12/h5-7,9,16H,8,15H2,1-4H3. The van der Waals surface area contributed by atoms with Crippen LogP contribution in [-0.4, -0.2) is 6.54 Å². The fraction of sp³-hybridized carbons (Fsp3) is 0.538. The Morgan fingerprint density at radius 2 is 1.94 bits per heavy atom. The van der Waals surface area contributed by atoms with E-state index >= 15 is 0 Å². The van der Waals surface area contributed by atoms with Crippen molar-refractivity contribution in [3.8, 4) is 0 Å². The molecule has 0 aliphatic heterocycles. The number of nitrogens with two attached hydrogens (primary N) is 1. The zero-order chi connectivity index (χ0) is 12.3. The van der Waals surface area contributed by atoms with Crippen LogP contribution in [0.3, 0.4) is 0 Å². The highest BCUT2D eigenvalue weighted by atomic mass is 19.1. The van der Waals surface area contributed by atoms with E-state index in [0.29, 0.717) is 11.6 Å². The molecule has 0 saturated carbocycles. The summed E-state index contributed by atoms with van der Waals surface area (Å²) < 4.78 is 13.1. The molecule has 1 aromatic carbocycles. The van der Waals surface area contributed by atoms with E-state index in [4.69, 9.17) is 5.73 Å². The second kappa shape index (κ2) is 4.73. The average molecular weight is 224 g/mol. The van der Waals surface area contributed by atoms with Crippen molar-refractivity contribution in [1.82, 2.24) is 0 Å². The Balaban J connectivity index is 2.68. The van der Waals surface area contributed by atoms with Crippen LogP contribution < -0.4 is 11.1 Å². The number of rotatable bonds is 4. The number of anilines is 2. The van der Waals surface area contributed by atoms with Crippen LogP contribution in [0.4, 0.5) is 15.8 Å². The number of nitrogens with one attached hydrogen (secondary N) is 1. The molecule has 0 aliphatic carbocycles. The van der Waals surface area contributed by atoms with Gasteiger partial charge in [0.2, 0.25) is 0 Å². The Bertz CT molecular complexity index is 339. The van der Waals surface area contributed by atoms with Crippen LogP contribution in [0.1, 0.15) is 27.7 Å². The lowest BCUT2D eigenvalue weighted by Crippen LogP contribution is -2.28. The van der Waals surface area contributed by atoms with Gasteiger partial charge in [-0.2, -0.15) is 0 Å². The van der Waals surface area contributed by atoms with Crippen LogP contribution in [0.2, 0.25) is 0 Å². The molecule has 0 heterocycles. The average Bonchev–Trinajstić information content (AvgIpc) is 2.13. The molecule has 16 heavy (non-hydrogen) atoms. The Kier molecular flexibility index (Phi) is 3.79. The van der Waals surface area contributed by atoms with Gasteiger partial charge in [0.1, 0.15) is 5.82 Å². The van der Waals surface area contributed by atoms with Gasteiger partial charge in [-0.1, -0.05) is 27.7 Å². The van der Waals surface area contributed by atoms with Gasteiger partial charge in [0.05, 0.1) is 0 Å². The van der Waals surface area contributed by atoms with Gasteiger partial charge in [-0.15, -0.1) is 0 Å². The van der Waals surface area contributed by atoms with Crippen LogP contribution in [-0.2, 0) is 0 Å². The molecule has 3 heteroatoms. The van der Waals surface area contributed by atoms with E-state index < -0.39 is 0 Å². The molecular weight excluding hydrogens is 203 g/mol. The zero-order valence-corrected chi connectivity index (χ0v) is 10.5. The third-order valence-electron chi connectivity index (χ3n) is 3.23. The smallest absolute Gasteiger partial charge is 0.127 e. The molecular formula is C13H21FN2. The van der Waals surface area contributed by atoms with E-state index in [-0.39, 0.29) is 11.2 Å². The van der Waals surface area contributed by atoms with Crippen molar-refractivity contribution in [2.45, 2.75) is 27.7 Å². The van der Waals surface area contributed by atoms with Gasteiger partial charge in [-0.3, -0.25) is 0 Å². The number of nitrogen functional groups attached to an aromatic ring is 1. The summed E-state index contributed by atoms with van der Waals surface area (Å²) in [5.74, 6) is 0.260. The van der Waals surface area contributed by atoms with Crippen LogP contribution in [0.5, 0.6) is 0 Å². The Morgan fingerprint density at radius 3 is 2.44 bits per heavy atom. The summed E-state index contributed by atoms with van der Waals surface area (Å²) in [5, 5.41) is 3.23. The van der Waals surface area contributed by atoms with Crippen molar-refractivity contribution in [2.24, 2.45) is 11.3 Å². The lowest BCUT2D eigenvalue weighted by Gasteiger charge is -2.29. The molecule has 0 spiro atoms. The highest BCUT2D eigenvalue weighted by molar-refractivity contribution is 5.54. The Morgan fingerprint density at radius 1 is 1.31 bits per heavy atom. The molecule has 1 aromatic rings. The third-order valence-corrected chi connectivity index (χ3v) is 3.23. The molecule has 90 valence electrons. The first-order valence-corrected chi connectivity index (χ1v) is 5.61. The minimum absolute atomic E-state index is 0.168. The molecule has 0 bridgehead atoms. The monoisotopic (exact) mass is 224 g/mol. The van der Waals surface area contributed by atoms with E-state index in [0.717, 1.165) is 12.2 Å². The predicted molar refractivity (Wildman–Crippen MR) is 67.9 cm³/mol. The van der Waals surface area contributed by atoms with Crippen molar-refractivity contribution >= 4 is 11.4 Å². The first-order valence-electron chi connectivity index (χ1n) is 5.61. The van der Waals surface area contributed by atoms with Crippen molar-refractivity contribution < 1.29 is 4.39 Å². The van der Waals surface area contributed by atoms with Gasteiger partial charge in [0.15, 0.2) is 0 Å². The number of hydrogen-bond acceptors (Lipinski definition) is 2. The predicted octanol–water partition coefficient (Wildman–Crippen LogP) is 3.50. The van der Waals surface area contributed by atoms with E-state index in [1.54, 1.807) is 6.07 Å². The van der Waals surface area contributed by atoms with E-state index in [1.165, 1.54) is 12.1 Å². The third kappa shape index (κ3) is 3.40. The summed E-state index contributed by atoms with van der Waals surface area (Å²) >= 11 is 0. The Hall–Kier alpha value is -1.25. The molecule has 0 atom stereocenters. The number of benzene rings is 1. The van der Waals surface area contributed by atoms with Gasteiger partial charge in [-0.25, -0.2) is 4.39 Å². The van der Waals surface area contributed by atoms with Crippen LogP contribution >= 0.6 is 0 Å². The highest BCUT2D eigenvalue weighted by Crippen LogP contribution is 2.26. The van der Waals surface area contributed by atoms with Gasteiger partial charge in [0, 0.05) is 17.9 Å². The molecule has 0 aliphatic rings. The van der Waals surface area contributed by atoms with E-state index in [2.05, 4.69) is 33.0 Å². The second-order valence-corrected chi connectivity index (χ2v) is 5.27. The van der Waals surface area contributed by atoms with Crippen LogP contribution in [0.15, 0.2) is 18.2 Å². The first kappa shape index (κ1) is 12.8. The molecule has 0 amide bonds. The Labute approximate surface area is 97.0 Å². The molecule has 1 rings (SSSR count). The second-order valence-electron chi connectivity index (χ2n) is 5.27. The zero-order valence-electron chi connectivity index (χ0n) is 10.5. The summed E-state index contributed by atoms with van der Waals surface area (Å²) in [4.78, 5) is 0. The van der Waals surface area contributed by atoms with Gasteiger partial charge in [0.25, 0.3) is 0 Å². The molecule has 3 N–H and O–H groups in total. The lowest BCUT2D eigenvalue weighted by molar-refractivity contribution is 0.269. The molecule has 0 fully saturated rings. The minimum Gasteiger partial charge on any atom is -0.399 e. The molecule has 0 unspecified atom stereocenters. The topological polar surface area (TPSA) is 38.0 Å². The lowest BCUT2D eigenvalue weighted by atomic mass is 9.81. The maximum absolute atomic E-state index is 13.1. The van der Waals surface area contributed by atoms with Crippen LogP contribution in [0, 0.1) is 17.2 Å². The quantitative estimate of drug-likeness (QED) is 0.768. The molecule has 2 nitrogen and oxygen atoms in total. The highest BCUT2D eigenvalue weighted by Gasteiger charge is 2.21. The van der Waals surface area contributed by atoms with Gasteiger partial charge < -0.3 is 11.1 Å². The van der Waals surface area contributed by atoms with Crippen molar-refractivity contribution in [3.05, 3.63) is 24.0 Å². The van der Waals surface area contributed by atoms with Crippen molar-refractivity contribution in [2.75, 3.05) is 17.6 Å². The number of halogens is 1. The molecule has 0 saturated heterocycles. The maximum atomic E-state index is 13.1. The first-order chi connectivity index (χ1) is 7.31. The summed E-state index contributed by atoms with van der Waals surface area (Å²) in [5.41, 5.74) is 6.94. The maximum Gasteiger partial charge on any atom is 0.127 e. The SMILES string of the molecule is CC(C)C(C)(C)CNc1cc(N)cc(F)c1. The minimum atomic E-state index is -0.301. The number of hydrogen-bond donors (Lipinski definition) is 2. The summed E-state index contributed by atoms with van der Waals surface area (Å²) in [6.07, 6.45) is 0. The fourth-order valence-corrected chi connectivity index (χ4v) is 1.25. The summed E-state index contributed by atoms with van der Waals surface area (Å²) in [7, 11) is 0. The van der Waals surface area contributed by atoms with E-state index in [9.17, 15) is 4.39 Å². The molecule has 0 radical (unpaired) electrons. The molecule has 0 aromatic heterocycles. The van der Waals surface area contributed by atoms with Crippen molar-refractivity contribution in [1.29, 1.82) is 0 Å². The largest absolute Gasteiger partial charge is 0.399 e. The van der Waals surface area contributed by atoms with Gasteiger partial charge in [-0.05, 0) is 29.5 Å². The van der Waals surface area contributed by atoms with Crippen molar-refractivity contribution in [3.63, 3.8) is 0 Å². The van der Waals surface area contributed by atoms with E-state index in [1.807, 2.05) is 0 Å². The normalized spacial score (nSPS) is 11.9. The fourth-order valence-electron chi connectivity index (χ4n) is 1.25.